The van der Waals surface area contributed by atoms with Gasteiger partial charge in [-0.15, -0.1) is 0 Å². The van der Waals surface area contributed by atoms with Gasteiger partial charge in [-0.25, -0.2) is 0 Å². The van der Waals surface area contributed by atoms with Gasteiger partial charge in [0.1, 0.15) is 17.2 Å². The zero-order chi connectivity index (χ0) is 41.1. The summed E-state index contributed by atoms with van der Waals surface area (Å²) in [5.41, 5.74) is -2.07. The fourth-order valence-corrected chi connectivity index (χ4v) is 11.9. The number of ether oxygens (including phenoxy) is 2. The van der Waals surface area contributed by atoms with E-state index in [1.807, 2.05) is 67.3 Å². The standard InChI is InChI=1S/C45H64N6O6/c1-9-48(10-2)23-25-50(26-24-49(11-3)12-4)41(53)38-34-27-32-28-43(38,39-36(56-7)19-16-20-37(39)57-8)30-44(29-32,45(34,31(5)6)42(54)55)51(33-17-14-13-15-18-33)40(52)35-21-22-46-47-35/h13-22,31-32,34,38H,9-12,23-30H2,1-8H3,(H,46,47)(H,54,55). The first-order chi connectivity index (χ1) is 27.4. The molecule has 57 heavy (non-hydrogen) atoms. The minimum Gasteiger partial charge on any atom is -0.496 e. The van der Waals surface area contributed by atoms with Gasteiger partial charge in [-0.3, -0.25) is 24.4 Å². The number of rotatable bonds is 19. The van der Waals surface area contributed by atoms with Gasteiger partial charge in [0.15, 0.2) is 0 Å². The molecule has 2 amide bonds. The maximum absolute atomic E-state index is 16.1. The van der Waals surface area contributed by atoms with E-state index in [0.717, 1.165) is 31.7 Å². The van der Waals surface area contributed by atoms with Crippen LogP contribution >= 0.6 is 0 Å². The number of hydrogen-bond donors (Lipinski definition) is 2. The average Bonchev–Trinajstić information content (AvgIpc) is 3.76. The van der Waals surface area contributed by atoms with Crippen molar-refractivity contribution in [2.24, 2.45) is 29.1 Å². The van der Waals surface area contributed by atoms with Crippen LogP contribution in [0.15, 0.2) is 60.8 Å². The van der Waals surface area contributed by atoms with E-state index in [4.69, 9.17) is 9.47 Å². The average molecular weight is 785 g/mol. The number of nitrogens with zero attached hydrogens (tertiary/aromatic N) is 5. The van der Waals surface area contributed by atoms with E-state index < -0.39 is 40.1 Å². The smallest absolute Gasteiger partial charge is 0.312 e. The molecule has 7 rings (SSSR count). The number of H-pyrrole nitrogens is 1. The van der Waals surface area contributed by atoms with E-state index in [0.29, 0.717) is 62.6 Å². The second kappa shape index (κ2) is 17.2. The number of aromatic nitrogens is 2. The molecule has 12 nitrogen and oxygen atoms in total. The van der Waals surface area contributed by atoms with E-state index in [9.17, 15) is 9.90 Å². The SMILES string of the molecule is CCN(CC)CCN(CCN(CC)CC)C(=O)C1C2CC3CC1(c1c(OC)cccc1OC)CC(N(C(=O)c1ccn[nH]1)c1ccccc1)(C3)C2(C(=O)O)C(C)C. The molecule has 310 valence electrons. The van der Waals surface area contributed by atoms with Crippen molar-refractivity contribution in [3.63, 3.8) is 0 Å². The topological polar surface area (TPSA) is 132 Å². The van der Waals surface area contributed by atoms with Crippen LogP contribution in [-0.2, 0) is 15.0 Å². The number of carbonyl (C=O) groups excluding carboxylic acids is 2. The second-order valence-corrected chi connectivity index (χ2v) is 16.7. The third kappa shape index (κ3) is 6.90. The monoisotopic (exact) mass is 784 g/mol. The summed E-state index contributed by atoms with van der Waals surface area (Å²) in [5, 5.41) is 19.1. The van der Waals surface area contributed by atoms with Crippen molar-refractivity contribution in [2.75, 3.05) is 71.5 Å². The van der Waals surface area contributed by atoms with E-state index in [-0.39, 0.29) is 29.8 Å². The molecule has 0 aliphatic heterocycles. The van der Waals surface area contributed by atoms with Crippen molar-refractivity contribution >= 4 is 23.5 Å². The Morgan fingerprint density at radius 2 is 1.44 bits per heavy atom. The molecular weight excluding hydrogens is 721 g/mol. The minimum absolute atomic E-state index is 0.00854. The molecule has 0 saturated heterocycles. The first kappa shape index (κ1) is 42.2. The predicted octanol–water partition coefficient (Wildman–Crippen LogP) is 6.44. The highest BCUT2D eigenvalue weighted by molar-refractivity contribution is 6.07. The number of aliphatic carboxylic acids is 1. The number of methoxy groups -OCH3 is 2. The molecule has 6 unspecified atom stereocenters. The number of aromatic amines is 1. The Balaban J connectivity index is 1.67. The van der Waals surface area contributed by atoms with Crippen LogP contribution in [0, 0.1) is 29.1 Å². The second-order valence-electron chi connectivity index (χ2n) is 16.7. The molecule has 0 spiro atoms. The fraction of sp³-hybridized carbons (Fsp3) is 0.600. The summed E-state index contributed by atoms with van der Waals surface area (Å²) in [6.45, 7) is 18.4. The van der Waals surface area contributed by atoms with Crippen LogP contribution in [0.2, 0.25) is 0 Å². The first-order valence-corrected chi connectivity index (χ1v) is 21.0. The van der Waals surface area contributed by atoms with Crippen LogP contribution in [0.25, 0.3) is 0 Å². The summed E-state index contributed by atoms with van der Waals surface area (Å²) in [6.07, 6.45) is 3.43. The van der Waals surface area contributed by atoms with Gasteiger partial charge in [0.05, 0.1) is 31.1 Å². The molecule has 4 aliphatic rings. The molecule has 4 aliphatic carbocycles. The van der Waals surface area contributed by atoms with Crippen molar-refractivity contribution in [3.8, 4) is 11.5 Å². The summed E-state index contributed by atoms with van der Waals surface area (Å²) >= 11 is 0. The Hall–Kier alpha value is -4.42. The Bertz CT molecular complexity index is 1810. The van der Waals surface area contributed by atoms with E-state index >= 15 is 9.59 Å². The summed E-state index contributed by atoms with van der Waals surface area (Å²) in [4.78, 5) is 54.5. The van der Waals surface area contributed by atoms with Crippen molar-refractivity contribution in [1.82, 2.24) is 24.9 Å². The Kier molecular flexibility index (Phi) is 12.7. The van der Waals surface area contributed by atoms with Gasteiger partial charge >= 0.3 is 5.97 Å². The molecular formula is C45H64N6O6. The molecule has 2 N–H and O–H groups in total. The van der Waals surface area contributed by atoms with Crippen LogP contribution in [0.4, 0.5) is 5.69 Å². The van der Waals surface area contributed by atoms with E-state index in [1.54, 1.807) is 31.4 Å². The highest BCUT2D eigenvalue weighted by Gasteiger charge is 2.80. The number of likely N-dealkylation sites (N-methyl/N-ethyl adjacent to an activating group) is 2. The minimum atomic E-state index is -1.52. The van der Waals surface area contributed by atoms with Crippen molar-refractivity contribution in [1.29, 1.82) is 0 Å². The predicted molar refractivity (Wildman–Crippen MR) is 222 cm³/mol. The number of carboxylic acids is 1. The van der Waals surface area contributed by atoms with Crippen molar-refractivity contribution in [3.05, 3.63) is 72.1 Å². The molecule has 1 aromatic heterocycles. The highest BCUT2D eigenvalue weighted by Crippen LogP contribution is 2.76. The molecule has 3 aromatic rings. The van der Waals surface area contributed by atoms with Gasteiger partial charge in [0, 0.05) is 49.0 Å². The Morgan fingerprint density at radius 1 is 0.842 bits per heavy atom. The number of para-hydroxylation sites is 1. The molecule has 4 saturated carbocycles. The fourth-order valence-electron chi connectivity index (χ4n) is 11.9. The van der Waals surface area contributed by atoms with Gasteiger partial charge in [0.25, 0.3) is 5.91 Å². The summed E-state index contributed by atoms with van der Waals surface area (Å²) in [5.74, 6) is -1.96. The molecule has 0 radical (unpaired) electrons. The Labute approximate surface area is 338 Å². The van der Waals surface area contributed by atoms with Crippen LogP contribution in [0.1, 0.15) is 83.3 Å². The highest BCUT2D eigenvalue weighted by atomic mass is 16.5. The Morgan fingerprint density at radius 3 is 1.93 bits per heavy atom. The summed E-state index contributed by atoms with van der Waals surface area (Å²) < 4.78 is 12.4. The largest absolute Gasteiger partial charge is 0.496 e. The molecule has 4 fully saturated rings. The van der Waals surface area contributed by atoms with Crippen LogP contribution in [-0.4, -0.2) is 120 Å². The van der Waals surface area contributed by atoms with Gasteiger partial charge in [-0.2, -0.15) is 5.10 Å². The number of carbonyl (C=O) groups is 3. The zero-order valence-corrected chi connectivity index (χ0v) is 35.3. The number of carboxylic acid groups (broad SMARTS) is 1. The zero-order valence-electron chi connectivity index (χ0n) is 35.3. The third-order valence-corrected chi connectivity index (χ3v) is 14.1. The van der Waals surface area contributed by atoms with E-state index in [1.165, 1.54) is 0 Å². The van der Waals surface area contributed by atoms with Crippen molar-refractivity contribution in [2.45, 2.75) is 78.2 Å². The van der Waals surface area contributed by atoms with E-state index in [2.05, 4.69) is 47.7 Å². The number of nitrogens with one attached hydrogen (secondary N) is 1. The van der Waals surface area contributed by atoms with Crippen LogP contribution < -0.4 is 14.4 Å². The molecule has 4 bridgehead atoms. The molecule has 2 aromatic carbocycles. The lowest BCUT2D eigenvalue weighted by Gasteiger charge is -2.74. The van der Waals surface area contributed by atoms with Gasteiger partial charge < -0.3 is 29.3 Å². The molecule has 6 atom stereocenters. The van der Waals surface area contributed by atoms with Crippen LogP contribution in [0.3, 0.4) is 0 Å². The maximum atomic E-state index is 16.1. The molecule has 1 heterocycles. The van der Waals surface area contributed by atoms with Crippen LogP contribution in [0.5, 0.6) is 11.5 Å². The molecule has 12 heteroatoms. The lowest BCUT2D eigenvalue weighted by atomic mass is 9.31. The normalized spacial score (nSPS) is 26.3. The quantitative estimate of drug-likeness (QED) is 0.141. The maximum Gasteiger partial charge on any atom is 0.312 e. The number of hydrogen-bond acceptors (Lipinski definition) is 8. The number of benzene rings is 2. The first-order valence-electron chi connectivity index (χ1n) is 21.0. The summed E-state index contributed by atoms with van der Waals surface area (Å²) in [6, 6.07) is 16.8. The summed E-state index contributed by atoms with van der Waals surface area (Å²) in [7, 11) is 3.28. The van der Waals surface area contributed by atoms with Gasteiger partial charge in [-0.1, -0.05) is 65.8 Å². The lowest BCUT2D eigenvalue weighted by Crippen LogP contribution is -2.82. The van der Waals surface area contributed by atoms with Gasteiger partial charge in [0.2, 0.25) is 5.91 Å². The lowest BCUT2D eigenvalue weighted by molar-refractivity contribution is -0.216. The third-order valence-electron chi connectivity index (χ3n) is 14.1. The van der Waals surface area contributed by atoms with Gasteiger partial charge in [-0.05, 0) is 99.9 Å². The number of amides is 2. The number of anilines is 1. The van der Waals surface area contributed by atoms with Crippen molar-refractivity contribution < 1.29 is 29.0 Å².